The Morgan fingerprint density at radius 2 is 2.53 bits per heavy atom. The number of carbonyl (C=O) groups excluding carboxylic acids is 1. The van der Waals surface area contributed by atoms with Crippen molar-refractivity contribution < 1.29 is 9.90 Å². The van der Waals surface area contributed by atoms with Crippen LogP contribution in [0.1, 0.15) is 12.6 Å². The fraction of sp³-hybridized carbons (Fsp3) is 0.455. The van der Waals surface area contributed by atoms with E-state index < -0.39 is 0 Å². The molecule has 94 valence electrons. The smallest absolute Gasteiger partial charge is 0.233 e. The van der Waals surface area contributed by atoms with Gasteiger partial charge in [-0.1, -0.05) is 17.8 Å². The van der Waals surface area contributed by atoms with Gasteiger partial charge in [0.05, 0.1) is 23.7 Å². The third-order valence-corrected chi connectivity index (χ3v) is 3.43. The summed E-state index contributed by atoms with van der Waals surface area (Å²) in [5.41, 5.74) is 0.728. The van der Waals surface area contributed by atoms with E-state index in [2.05, 4.69) is 16.9 Å². The molecule has 0 radical (unpaired) electrons. The Hall–Kier alpha value is -1.27. The van der Waals surface area contributed by atoms with E-state index in [1.54, 1.807) is 16.8 Å². The highest BCUT2D eigenvalue weighted by molar-refractivity contribution is 8.00. The van der Waals surface area contributed by atoms with E-state index in [-0.39, 0.29) is 17.8 Å². The second-order valence-corrected chi connectivity index (χ2v) is 4.85. The van der Waals surface area contributed by atoms with Gasteiger partial charge in [-0.2, -0.15) is 0 Å². The summed E-state index contributed by atoms with van der Waals surface area (Å²) in [6, 6.07) is 0. The second kappa shape index (κ2) is 6.46. The van der Waals surface area contributed by atoms with E-state index in [0.717, 1.165) is 10.9 Å². The van der Waals surface area contributed by atoms with Crippen molar-refractivity contribution in [2.45, 2.75) is 23.9 Å². The molecule has 17 heavy (non-hydrogen) atoms. The highest BCUT2D eigenvalue weighted by atomic mass is 32.2. The largest absolute Gasteiger partial charge is 0.390 e. The maximum absolute atomic E-state index is 11.6. The number of imidazole rings is 1. The number of aliphatic hydroxyl groups is 1. The van der Waals surface area contributed by atoms with E-state index in [0.29, 0.717) is 6.54 Å². The van der Waals surface area contributed by atoms with Gasteiger partial charge in [0, 0.05) is 13.6 Å². The molecular weight excluding hydrogens is 238 g/mol. The van der Waals surface area contributed by atoms with Gasteiger partial charge in [0.2, 0.25) is 5.91 Å². The molecule has 1 aromatic heterocycles. The van der Waals surface area contributed by atoms with Gasteiger partial charge in [0.1, 0.15) is 0 Å². The summed E-state index contributed by atoms with van der Waals surface area (Å²) >= 11 is 1.36. The summed E-state index contributed by atoms with van der Waals surface area (Å²) in [4.78, 5) is 15.8. The fourth-order valence-corrected chi connectivity index (χ4v) is 2.11. The van der Waals surface area contributed by atoms with Crippen LogP contribution < -0.4 is 5.32 Å². The van der Waals surface area contributed by atoms with Gasteiger partial charge < -0.3 is 15.0 Å². The van der Waals surface area contributed by atoms with Crippen molar-refractivity contribution in [3.05, 3.63) is 24.5 Å². The first-order valence-electron chi connectivity index (χ1n) is 5.26. The number of thioether (sulfide) groups is 1. The molecule has 0 saturated heterocycles. The van der Waals surface area contributed by atoms with Crippen LogP contribution in [-0.2, 0) is 18.4 Å². The number of hydrogen-bond acceptors (Lipinski definition) is 4. The molecule has 1 heterocycles. The number of carbonyl (C=O) groups is 1. The SMILES string of the molecule is C=CCNC(=O)C(C)Sc1ncc(CO)n1C. The van der Waals surface area contributed by atoms with Crippen molar-refractivity contribution in [3.63, 3.8) is 0 Å². The van der Waals surface area contributed by atoms with Gasteiger partial charge in [-0.05, 0) is 6.92 Å². The first-order chi connectivity index (χ1) is 8.10. The molecule has 0 aliphatic carbocycles. The minimum Gasteiger partial charge on any atom is -0.390 e. The van der Waals surface area contributed by atoms with E-state index in [4.69, 9.17) is 5.11 Å². The molecule has 2 N–H and O–H groups in total. The number of nitrogens with zero attached hydrogens (tertiary/aromatic N) is 2. The summed E-state index contributed by atoms with van der Waals surface area (Å²) in [7, 11) is 1.81. The number of nitrogens with one attached hydrogen (secondary N) is 1. The predicted octanol–water partition coefficient (Wildman–Crippen LogP) is 0.695. The van der Waals surface area contributed by atoms with Crippen molar-refractivity contribution >= 4 is 17.7 Å². The Kier molecular flexibility index (Phi) is 5.24. The van der Waals surface area contributed by atoms with Crippen LogP contribution in [0, 0.1) is 0 Å². The standard InChI is InChI=1S/C11H17N3O2S/c1-4-5-12-10(16)8(2)17-11-13-6-9(7-15)14(11)3/h4,6,8,15H,1,5,7H2,2-3H3,(H,12,16). The van der Waals surface area contributed by atoms with Crippen LogP contribution in [-0.4, -0.2) is 32.4 Å². The third kappa shape index (κ3) is 3.61. The zero-order valence-corrected chi connectivity index (χ0v) is 10.8. The van der Waals surface area contributed by atoms with Crippen molar-refractivity contribution in [2.24, 2.45) is 7.05 Å². The Morgan fingerprint density at radius 3 is 3.06 bits per heavy atom. The van der Waals surface area contributed by atoms with Crippen LogP contribution in [0.5, 0.6) is 0 Å². The molecular formula is C11H17N3O2S. The number of hydrogen-bond donors (Lipinski definition) is 2. The van der Waals surface area contributed by atoms with Crippen LogP contribution >= 0.6 is 11.8 Å². The number of aromatic nitrogens is 2. The van der Waals surface area contributed by atoms with Gasteiger partial charge in [-0.25, -0.2) is 4.98 Å². The molecule has 0 spiro atoms. The van der Waals surface area contributed by atoms with Crippen LogP contribution in [0.25, 0.3) is 0 Å². The van der Waals surface area contributed by atoms with Crippen molar-refractivity contribution in [1.82, 2.24) is 14.9 Å². The maximum Gasteiger partial charge on any atom is 0.233 e. The fourth-order valence-electron chi connectivity index (χ4n) is 1.21. The van der Waals surface area contributed by atoms with Gasteiger partial charge in [-0.3, -0.25) is 4.79 Å². The molecule has 0 fully saturated rings. The van der Waals surface area contributed by atoms with E-state index >= 15 is 0 Å². The van der Waals surface area contributed by atoms with E-state index in [9.17, 15) is 4.79 Å². The number of rotatable bonds is 6. The minimum absolute atomic E-state index is 0.0524. The molecule has 0 aliphatic heterocycles. The molecule has 0 aromatic carbocycles. The zero-order chi connectivity index (χ0) is 12.8. The molecule has 1 amide bonds. The van der Waals surface area contributed by atoms with Gasteiger partial charge >= 0.3 is 0 Å². The lowest BCUT2D eigenvalue weighted by Crippen LogP contribution is -2.31. The molecule has 5 nitrogen and oxygen atoms in total. The second-order valence-electron chi connectivity index (χ2n) is 3.54. The summed E-state index contributed by atoms with van der Waals surface area (Å²) in [5, 5.41) is 12.2. The van der Waals surface area contributed by atoms with Gasteiger partial charge in [0.15, 0.2) is 5.16 Å². The quantitative estimate of drug-likeness (QED) is 0.580. The predicted molar refractivity (Wildman–Crippen MR) is 67.7 cm³/mol. The Labute approximate surface area is 105 Å². The van der Waals surface area contributed by atoms with E-state index in [1.807, 2.05) is 14.0 Å². The minimum atomic E-state index is -0.234. The molecule has 0 aliphatic rings. The monoisotopic (exact) mass is 255 g/mol. The topological polar surface area (TPSA) is 67.2 Å². The lowest BCUT2D eigenvalue weighted by Gasteiger charge is -2.10. The average molecular weight is 255 g/mol. The van der Waals surface area contributed by atoms with Crippen molar-refractivity contribution in [1.29, 1.82) is 0 Å². The molecule has 1 atom stereocenters. The van der Waals surface area contributed by atoms with Crippen molar-refractivity contribution in [3.8, 4) is 0 Å². The Bertz CT molecular complexity index is 403. The first-order valence-corrected chi connectivity index (χ1v) is 6.14. The number of amides is 1. The van der Waals surface area contributed by atoms with Crippen molar-refractivity contribution in [2.75, 3.05) is 6.54 Å². The van der Waals surface area contributed by atoms with Crippen LogP contribution in [0.15, 0.2) is 24.0 Å². The highest BCUT2D eigenvalue weighted by Crippen LogP contribution is 2.22. The summed E-state index contributed by atoms with van der Waals surface area (Å²) < 4.78 is 1.78. The molecule has 1 rings (SSSR count). The normalized spacial score (nSPS) is 12.2. The van der Waals surface area contributed by atoms with E-state index in [1.165, 1.54) is 11.8 Å². The third-order valence-electron chi connectivity index (χ3n) is 2.28. The zero-order valence-electron chi connectivity index (χ0n) is 10.0. The first kappa shape index (κ1) is 13.8. The lowest BCUT2D eigenvalue weighted by molar-refractivity contribution is -0.120. The molecule has 0 saturated carbocycles. The lowest BCUT2D eigenvalue weighted by atomic mass is 10.4. The Balaban J connectivity index is 2.61. The summed E-state index contributed by atoms with van der Waals surface area (Å²) in [6.45, 7) is 5.76. The highest BCUT2D eigenvalue weighted by Gasteiger charge is 2.16. The summed E-state index contributed by atoms with van der Waals surface area (Å²) in [6.07, 6.45) is 3.25. The van der Waals surface area contributed by atoms with Gasteiger partial charge in [0.25, 0.3) is 0 Å². The van der Waals surface area contributed by atoms with Gasteiger partial charge in [-0.15, -0.1) is 6.58 Å². The molecule has 1 unspecified atom stereocenters. The average Bonchev–Trinajstić information content (AvgIpc) is 2.67. The van der Waals surface area contributed by atoms with Crippen LogP contribution in [0.2, 0.25) is 0 Å². The maximum atomic E-state index is 11.6. The Morgan fingerprint density at radius 1 is 1.82 bits per heavy atom. The van der Waals surface area contributed by atoms with Crippen LogP contribution in [0.4, 0.5) is 0 Å². The summed E-state index contributed by atoms with van der Waals surface area (Å²) in [5.74, 6) is -0.0524. The molecule has 0 bridgehead atoms. The molecule has 1 aromatic rings. The number of aliphatic hydroxyl groups excluding tert-OH is 1. The molecule has 6 heteroatoms. The van der Waals surface area contributed by atoms with Crippen LogP contribution in [0.3, 0.4) is 0 Å².